The van der Waals surface area contributed by atoms with Gasteiger partial charge in [0.25, 0.3) is 0 Å². The summed E-state index contributed by atoms with van der Waals surface area (Å²) in [5.74, 6) is 0. The van der Waals surface area contributed by atoms with Crippen molar-refractivity contribution in [1.82, 2.24) is 10.0 Å². The molecule has 0 amide bonds. The van der Waals surface area contributed by atoms with E-state index in [1.807, 2.05) is 12.1 Å². The van der Waals surface area contributed by atoms with Gasteiger partial charge in [-0.3, -0.25) is 0 Å². The summed E-state index contributed by atoms with van der Waals surface area (Å²) in [4.78, 5) is 0. The molecule has 0 aromatic heterocycles. The number of nitrogens with zero attached hydrogens (tertiary/aromatic N) is 2. The molecule has 80 valence electrons. The second kappa shape index (κ2) is 3.87. The summed E-state index contributed by atoms with van der Waals surface area (Å²) in [5.41, 5.74) is 2.54. The zero-order valence-electron chi connectivity index (χ0n) is 9.24. The lowest BCUT2D eigenvalue weighted by Gasteiger charge is -2.28. The maximum absolute atomic E-state index is 5.87. The van der Waals surface area contributed by atoms with Crippen LogP contribution in [0.3, 0.4) is 0 Å². The summed E-state index contributed by atoms with van der Waals surface area (Å²) in [7, 11) is 4.16. The number of hydrogen-bond acceptors (Lipinski definition) is 2. The summed E-state index contributed by atoms with van der Waals surface area (Å²) in [5, 5.41) is 5.14. The van der Waals surface area contributed by atoms with E-state index in [0.29, 0.717) is 6.04 Å². The average molecular weight is 223 g/mol. The first-order chi connectivity index (χ1) is 7.09. The van der Waals surface area contributed by atoms with Crippen LogP contribution in [0.25, 0.3) is 0 Å². The van der Waals surface area contributed by atoms with Crippen LogP contribution in [-0.4, -0.2) is 24.1 Å². The van der Waals surface area contributed by atoms with Crippen LogP contribution in [0, 0.1) is 0 Å². The van der Waals surface area contributed by atoms with Crippen molar-refractivity contribution in [3.63, 3.8) is 0 Å². The van der Waals surface area contributed by atoms with Gasteiger partial charge in [-0.2, -0.15) is 0 Å². The highest BCUT2D eigenvalue weighted by molar-refractivity contribution is 6.30. The van der Waals surface area contributed by atoms with Crippen molar-refractivity contribution in [3.05, 3.63) is 46.6 Å². The van der Waals surface area contributed by atoms with Crippen molar-refractivity contribution >= 4 is 11.6 Å². The number of allylic oxidation sites excluding steroid dienone is 1. The molecule has 3 heteroatoms. The Kier molecular flexibility index (Phi) is 2.72. The van der Waals surface area contributed by atoms with Gasteiger partial charge in [-0.1, -0.05) is 23.7 Å². The molecule has 0 radical (unpaired) electrons. The number of hydrazine groups is 1. The van der Waals surface area contributed by atoms with Crippen LogP contribution in [0.1, 0.15) is 18.5 Å². The van der Waals surface area contributed by atoms with Gasteiger partial charge in [0.05, 0.1) is 6.04 Å². The van der Waals surface area contributed by atoms with E-state index >= 15 is 0 Å². The van der Waals surface area contributed by atoms with Crippen molar-refractivity contribution in [2.45, 2.75) is 13.0 Å². The fourth-order valence-corrected chi connectivity index (χ4v) is 1.98. The molecule has 2 nitrogen and oxygen atoms in total. The minimum atomic E-state index is 0.326. The Morgan fingerprint density at radius 3 is 2.20 bits per heavy atom. The Bertz CT molecular complexity index is 383. The van der Waals surface area contributed by atoms with Crippen molar-refractivity contribution in [2.24, 2.45) is 0 Å². The fourth-order valence-electron chi connectivity index (χ4n) is 1.85. The highest BCUT2D eigenvalue weighted by Gasteiger charge is 2.24. The second-order valence-electron chi connectivity index (χ2n) is 3.90. The minimum Gasteiger partial charge on any atom is -0.313 e. The number of likely N-dealkylation sites (N-methyl/N-ethyl adjacent to an activating group) is 1. The van der Waals surface area contributed by atoms with Crippen molar-refractivity contribution in [3.8, 4) is 0 Å². The quantitative estimate of drug-likeness (QED) is 0.721. The maximum Gasteiger partial charge on any atom is 0.0740 e. The van der Waals surface area contributed by atoms with Gasteiger partial charge in [-0.15, -0.1) is 0 Å². The standard InChI is InChI=1S/C12H15ClN2/c1-9-8-12(15(3)14(9)2)10-4-6-11(13)7-5-10/h4-8,12H,1-3H3. The lowest BCUT2D eigenvalue weighted by Crippen LogP contribution is -2.31. The molecule has 0 bridgehead atoms. The van der Waals surface area contributed by atoms with E-state index in [-0.39, 0.29) is 0 Å². The molecule has 0 fully saturated rings. The van der Waals surface area contributed by atoms with Crippen molar-refractivity contribution in [2.75, 3.05) is 14.1 Å². The molecule has 0 spiro atoms. The summed E-state index contributed by atoms with van der Waals surface area (Å²) in [6.45, 7) is 2.12. The van der Waals surface area contributed by atoms with Gasteiger partial charge in [0.2, 0.25) is 0 Å². The molecule has 0 saturated heterocycles. The Hall–Kier alpha value is -0.990. The van der Waals surface area contributed by atoms with Crippen molar-refractivity contribution in [1.29, 1.82) is 0 Å². The highest BCUT2D eigenvalue weighted by atomic mass is 35.5. The Morgan fingerprint density at radius 1 is 1.13 bits per heavy atom. The largest absolute Gasteiger partial charge is 0.313 e. The molecule has 0 saturated carbocycles. The van der Waals surface area contributed by atoms with Gasteiger partial charge in [0.15, 0.2) is 0 Å². The van der Waals surface area contributed by atoms with Crippen LogP contribution >= 0.6 is 11.6 Å². The van der Waals surface area contributed by atoms with E-state index in [0.717, 1.165) is 5.02 Å². The van der Waals surface area contributed by atoms with E-state index < -0.39 is 0 Å². The summed E-state index contributed by atoms with van der Waals surface area (Å²) < 4.78 is 0. The van der Waals surface area contributed by atoms with Crippen LogP contribution in [0.2, 0.25) is 5.02 Å². The van der Waals surface area contributed by atoms with E-state index in [1.165, 1.54) is 11.3 Å². The van der Waals surface area contributed by atoms with Crippen LogP contribution in [0.15, 0.2) is 36.0 Å². The predicted molar refractivity (Wildman–Crippen MR) is 63.5 cm³/mol. The first kappa shape index (κ1) is 10.5. The summed E-state index contributed by atoms with van der Waals surface area (Å²) in [6, 6.07) is 8.35. The third-order valence-electron chi connectivity index (χ3n) is 3.00. The minimum absolute atomic E-state index is 0.326. The van der Waals surface area contributed by atoms with Gasteiger partial charge in [0.1, 0.15) is 0 Å². The lowest BCUT2D eigenvalue weighted by atomic mass is 10.1. The Labute approximate surface area is 95.7 Å². The van der Waals surface area contributed by atoms with Gasteiger partial charge >= 0.3 is 0 Å². The Morgan fingerprint density at radius 2 is 1.73 bits per heavy atom. The molecule has 1 aromatic rings. The van der Waals surface area contributed by atoms with Gasteiger partial charge in [0, 0.05) is 24.8 Å². The van der Waals surface area contributed by atoms with Gasteiger partial charge in [-0.25, -0.2) is 5.01 Å². The first-order valence-corrected chi connectivity index (χ1v) is 5.38. The van der Waals surface area contributed by atoms with Gasteiger partial charge in [-0.05, 0) is 30.7 Å². The zero-order chi connectivity index (χ0) is 11.0. The SMILES string of the molecule is CC1=CC(c2ccc(Cl)cc2)N(C)N1C. The number of hydrogen-bond donors (Lipinski definition) is 0. The molecular weight excluding hydrogens is 208 g/mol. The molecule has 1 unspecified atom stereocenters. The Balaban J connectivity index is 2.29. The van der Waals surface area contributed by atoms with E-state index in [1.54, 1.807) is 0 Å². The molecule has 1 atom stereocenters. The molecule has 1 heterocycles. The molecular formula is C12H15ClN2. The van der Waals surface area contributed by atoms with Crippen LogP contribution < -0.4 is 0 Å². The van der Waals surface area contributed by atoms with Gasteiger partial charge < -0.3 is 5.01 Å². The lowest BCUT2D eigenvalue weighted by molar-refractivity contribution is 0.0624. The van der Waals surface area contributed by atoms with Crippen molar-refractivity contribution < 1.29 is 0 Å². The molecule has 0 N–H and O–H groups in total. The predicted octanol–water partition coefficient (Wildman–Crippen LogP) is 3.08. The molecule has 1 aliphatic heterocycles. The number of rotatable bonds is 1. The summed E-state index contributed by atoms with van der Waals surface area (Å²) >= 11 is 5.87. The molecule has 1 aliphatic rings. The van der Waals surface area contributed by atoms with Crippen LogP contribution in [-0.2, 0) is 0 Å². The monoisotopic (exact) mass is 222 g/mol. The fraction of sp³-hybridized carbons (Fsp3) is 0.333. The first-order valence-electron chi connectivity index (χ1n) is 5.00. The third kappa shape index (κ3) is 1.87. The van der Waals surface area contributed by atoms with E-state index in [2.05, 4.69) is 49.2 Å². The molecule has 1 aromatic carbocycles. The van der Waals surface area contributed by atoms with E-state index in [9.17, 15) is 0 Å². The average Bonchev–Trinajstić information content (AvgIpc) is 2.47. The van der Waals surface area contributed by atoms with Crippen LogP contribution in [0.5, 0.6) is 0 Å². The number of halogens is 1. The third-order valence-corrected chi connectivity index (χ3v) is 3.25. The highest BCUT2D eigenvalue weighted by Crippen LogP contribution is 2.31. The second-order valence-corrected chi connectivity index (χ2v) is 4.34. The smallest absolute Gasteiger partial charge is 0.0740 e. The molecule has 0 aliphatic carbocycles. The zero-order valence-corrected chi connectivity index (χ0v) is 9.99. The maximum atomic E-state index is 5.87. The topological polar surface area (TPSA) is 6.48 Å². The molecule has 15 heavy (non-hydrogen) atoms. The normalized spacial score (nSPS) is 22.0. The van der Waals surface area contributed by atoms with Crippen LogP contribution in [0.4, 0.5) is 0 Å². The molecule has 2 rings (SSSR count). The summed E-state index contributed by atoms with van der Waals surface area (Å²) in [6.07, 6.45) is 2.25. The number of benzene rings is 1. The van der Waals surface area contributed by atoms with E-state index in [4.69, 9.17) is 11.6 Å².